The Bertz CT molecular complexity index is 1310. The van der Waals surface area contributed by atoms with Gasteiger partial charge in [0.25, 0.3) is 0 Å². The Morgan fingerprint density at radius 2 is 0.629 bits per heavy atom. The average Bonchev–Trinajstić information content (AvgIpc) is 3.36. The fraction of sp³-hybridized carbons (Fsp3) is 0.766. The van der Waals surface area contributed by atoms with Crippen LogP contribution >= 0.6 is 0 Å². The Hall–Kier alpha value is -3.15. The zero-order valence-corrected chi connectivity index (χ0v) is 46.3. The van der Waals surface area contributed by atoms with Gasteiger partial charge < -0.3 is 14.2 Å². The molecule has 0 aliphatic heterocycles. The molecular weight excluding hydrogens is 865 g/mol. The second kappa shape index (κ2) is 58.4. The highest BCUT2D eigenvalue weighted by atomic mass is 16.6. The van der Waals surface area contributed by atoms with E-state index >= 15 is 0 Å². The third kappa shape index (κ3) is 55.8. The molecule has 0 aliphatic carbocycles. The quantitative estimate of drug-likeness (QED) is 0.0199. The molecule has 0 saturated carbocycles. The Balaban J connectivity index is 4.36. The van der Waals surface area contributed by atoms with E-state index in [9.17, 15) is 14.4 Å². The lowest BCUT2D eigenvalue weighted by molar-refractivity contribution is -0.167. The van der Waals surface area contributed by atoms with Crippen LogP contribution < -0.4 is 0 Å². The van der Waals surface area contributed by atoms with Gasteiger partial charge in [-0.15, -0.1) is 0 Å². The van der Waals surface area contributed by atoms with Crippen LogP contribution in [-0.2, 0) is 28.6 Å². The molecular formula is C64H112O6. The van der Waals surface area contributed by atoms with Gasteiger partial charge in [-0.05, 0) is 70.6 Å². The maximum Gasteiger partial charge on any atom is 0.306 e. The van der Waals surface area contributed by atoms with Gasteiger partial charge in [-0.1, -0.05) is 280 Å². The summed E-state index contributed by atoms with van der Waals surface area (Å²) < 4.78 is 16.9. The zero-order valence-electron chi connectivity index (χ0n) is 46.3. The van der Waals surface area contributed by atoms with Crippen LogP contribution in [0.25, 0.3) is 0 Å². The van der Waals surface area contributed by atoms with E-state index in [-0.39, 0.29) is 31.1 Å². The predicted octanol–water partition coefficient (Wildman–Crippen LogP) is 20.2. The molecule has 0 amide bonds. The fourth-order valence-electron chi connectivity index (χ4n) is 8.58. The lowest BCUT2D eigenvalue weighted by Crippen LogP contribution is -2.30. The second-order valence-electron chi connectivity index (χ2n) is 19.9. The van der Waals surface area contributed by atoms with Crippen LogP contribution in [0, 0.1) is 0 Å². The van der Waals surface area contributed by atoms with Crippen molar-refractivity contribution in [1.82, 2.24) is 0 Å². The molecule has 0 aromatic carbocycles. The molecule has 6 nitrogen and oxygen atoms in total. The molecule has 0 aromatic heterocycles. The van der Waals surface area contributed by atoms with Gasteiger partial charge in [0.15, 0.2) is 6.10 Å². The first-order valence-electron chi connectivity index (χ1n) is 30.0. The molecule has 6 heteroatoms. The van der Waals surface area contributed by atoms with Crippen molar-refractivity contribution in [3.8, 4) is 0 Å². The highest BCUT2D eigenvalue weighted by Gasteiger charge is 2.19. The van der Waals surface area contributed by atoms with Crippen molar-refractivity contribution in [3.05, 3.63) is 72.9 Å². The third-order valence-corrected chi connectivity index (χ3v) is 13.0. The molecule has 0 N–H and O–H groups in total. The van der Waals surface area contributed by atoms with Gasteiger partial charge >= 0.3 is 17.9 Å². The molecule has 0 rings (SSSR count). The Labute approximate surface area is 433 Å². The summed E-state index contributed by atoms with van der Waals surface area (Å²) in [6, 6.07) is 0. The molecule has 1 unspecified atom stereocenters. The second-order valence-corrected chi connectivity index (χ2v) is 19.9. The largest absolute Gasteiger partial charge is 0.462 e. The first-order valence-corrected chi connectivity index (χ1v) is 30.0. The number of rotatable bonds is 54. The highest BCUT2D eigenvalue weighted by Crippen LogP contribution is 2.17. The third-order valence-electron chi connectivity index (χ3n) is 13.0. The zero-order chi connectivity index (χ0) is 50.7. The number of hydrogen-bond acceptors (Lipinski definition) is 6. The monoisotopic (exact) mass is 977 g/mol. The van der Waals surface area contributed by atoms with Gasteiger partial charge in [0.1, 0.15) is 13.2 Å². The molecule has 1 atom stereocenters. The smallest absolute Gasteiger partial charge is 0.306 e. The van der Waals surface area contributed by atoms with E-state index in [0.29, 0.717) is 19.3 Å². The maximum atomic E-state index is 12.9. The van der Waals surface area contributed by atoms with Gasteiger partial charge in [-0.2, -0.15) is 0 Å². The van der Waals surface area contributed by atoms with Crippen molar-refractivity contribution in [2.75, 3.05) is 13.2 Å². The highest BCUT2D eigenvalue weighted by molar-refractivity contribution is 5.71. The van der Waals surface area contributed by atoms with Gasteiger partial charge in [0, 0.05) is 19.3 Å². The number of carbonyl (C=O) groups is 3. The summed E-state index contributed by atoms with van der Waals surface area (Å²) in [7, 11) is 0. The summed E-state index contributed by atoms with van der Waals surface area (Å²) in [6.45, 7) is 6.42. The first-order chi connectivity index (χ1) is 34.5. The van der Waals surface area contributed by atoms with Crippen molar-refractivity contribution < 1.29 is 28.6 Å². The van der Waals surface area contributed by atoms with Crippen molar-refractivity contribution >= 4 is 17.9 Å². The van der Waals surface area contributed by atoms with Crippen molar-refractivity contribution in [3.63, 3.8) is 0 Å². The van der Waals surface area contributed by atoms with Crippen molar-refractivity contribution in [2.45, 2.75) is 303 Å². The molecule has 70 heavy (non-hydrogen) atoms. The van der Waals surface area contributed by atoms with E-state index in [0.717, 1.165) is 89.9 Å². The van der Waals surface area contributed by atoms with E-state index in [1.807, 2.05) is 0 Å². The Morgan fingerprint density at radius 3 is 1.03 bits per heavy atom. The number of allylic oxidation sites excluding steroid dienone is 12. The van der Waals surface area contributed by atoms with Gasteiger partial charge in [-0.25, -0.2) is 0 Å². The van der Waals surface area contributed by atoms with Crippen LogP contribution in [0.2, 0.25) is 0 Å². The number of esters is 3. The van der Waals surface area contributed by atoms with Crippen LogP contribution in [0.4, 0.5) is 0 Å². The van der Waals surface area contributed by atoms with E-state index in [4.69, 9.17) is 14.2 Å². The summed E-state index contributed by atoms with van der Waals surface area (Å²) in [5, 5.41) is 0. The molecule has 0 spiro atoms. The van der Waals surface area contributed by atoms with Gasteiger partial charge in [-0.3, -0.25) is 14.4 Å². The number of carbonyl (C=O) groups excluding carboxylic acids is 3. The van der Waals surface area contributed by atoms with E-state index in [2.05, 4.69) is 93.7 Å². The minimum absolute atomic E-state index is 0.0798. The average molecular weight is 978 g/mol. The summed E-state index contributed by atoms with van der Waals surface area (Å²) in [5.74, 6) is -0.883. The minimum Gasteiger partial charge on any atom is -0.462 e. The number of unbranched alkanes of at least 4 members (excludes halogenated alkanes) is 33. The first kappa shape index (κ1) is 66.9. The molecule has 0 radical (unpaired) electrons. The van der Waals surface area contributed by atoms with Crippen molar-refractivity contribution in [1.29, 1.82) is 0 Å². The Kier molecular flexibility index (Phi) is 55.8. The van der Waals surface area contributed by atoms with Crippen LogP contribution in [0.15, 0.2) is 72.9 Å². The molecule has 0 aromatic rings. The lowest BCUT2D eigenvalue weighted by Gasteiger charge is -2.18. The van der Waals surface area contributed by atoms with Crippen LogP contribution in [-0.4, -0.2) is 37.2 Å². The van der Waals surface area contributed by atoms with E-state index in [1.54, 1.807) is 0 Å². The van der Waals surface area contributed by atoms with E-state index in [1.165, 1.54) is 167 Å². The number of hydrogen-bond donors (Lipinski definition) is 0. The standard InChI is InChI=1S/C64H112O6/c1-4-7-10-13-16-19-22-25-28-30-32-34-36-39-42-45-48-51-54-57-63(66)69-60-61(59-68-62(65)56-53-50-47-44-41-38-35-27-24-21-18-15-12-9-6-3)70-64(67)58-55-52-49-46-43-40-37-33-31-29-26-23-20-17-14-11-8-5-2/h7,9-10,12,15-16,18-19,21,24-25,28,61H,4-6,8,11,13-14,17,20,22-23,26-27,29-60H2,1-3H3/b10-7-,12-9-,18-15-,19-16-,24-21-,28-25-. The van der Waals surface area contributed by atoms with E-state index < -0.39 is 6.10 Å². The Morgan fingerprint density at radius 1 is 0.314 bits per heavy atom. The molecule has 0 fully saturated rings. The molecule has 0 heterocycles. The maximum absolute atomic E-state index is 12.9. The molecule has 404 valence electrons. The lowest BCUT2D eigenvalue weighted by atomic mass is 10.0. The minimum atomic E-state index is -0.782. The SMILES string of the molecule is CC\C=C/C=C\C=C/CCCCCCCCCC(=O)OCC(COC(=O)CCCCCCCCCCC/C=C\C/C=C\C/C=C\CC)OC(=O)CCCCCCCCCCCCCCCCCCCC. The predicted molar refractivity (Wildman–Crippen MR) is 302 cm³/mol. The molecule has 0 saturated heterocycles. The molecule has 0 aliphatic rings. The summed E-state index contributed by atoms with van der Waals surface area (Å²) >= 11 is 0. The van der Waals surface area contributed by atoms with Crippen LogP contribution in [0.1, 0.15) is 297 Å². The van der Waals surface area contributed by atoms with Gasteiger partial charge in [0.2, 0.25) is 0 Å². The van der Waals surface area contributed by atoms with Crippen molar-refractivity contribution in [2.24, 2.45) is 0 Å². The van der Waals surface area contributed by atoms with Crippen LogP contribution in [0.5, 0.6) is 0 Å². The fourth-order valence-corrected chi connectivity index (χ4v) is 8.58. The van der Waals surface area contributed by atoms with Crippen LogP contribution in [0.3, 0.4) is 0 Å². The number of ether oxygens (including phenoxy) is 3. The normalized spacial score (nSPS) is 12.6. The summed E-state index contributed by atoms with van der Waals surface area (Å²) in [6.07, 6.45) is 74.7. The van der Waals surface area contributed by atoms with Gasteiger partial charge in [0.05, 0.1) is 0 Å². The topological polar surface area (TPSA) is 78.9 Å². The summed E-state index contributed by atoms with van der Waals surface area (Å²) in [5.41, 5.74) is 0. The molecule has 0 bridgehead atoms. The summed E-state index contributed by atoms with van der Waals surface area (Å²) in [4.78, 5) is 38.2.